The van der Waals surface area contributed by atoms with Crippen LogP contribution in [-0.2, 0) is 23.7 Å². The molecule has 0 aliphatic rings. The van der Waals surface area contributed by atoms with Crippen molar-refractivity contribution in [2.75, 3.05) is 33.5 Å². The second-order valence-electron chi connectivity index (χ2n) is 16.6. The number of H-pyrrole nitrogens is 1. The van der Waals surface area contributed by atoms with Crippen molar-refractivity contribution < 1.29 is 68.1 Å². The molecule has 0 atom stereocenters. The van der Waals surface area contributed by atoms with Gasteiger partial charge in [-0.05, 0) is 120 Å². The SMILES string of the molecule is CCOC(=O)c1c[nH]c(=O)c2ccccc12.CCOC(=O)c1cc2cc(O)ccc2nc1C.CCOC(=O)c1ccc(O)c2ncccc12.CCOC(=O)c1nccc2c(O)cccc12.COC(=O)c1ccc2cc(O)ccc2n1. The number of phenols is 4. The van der Waals surface area contributed by atoms with Gasteiger partial charge in [-0.15, -0.1) is 0 Å². The molecular weight excluding hydrogens is 1030 g/mol. The Morgan fingerprint density at radius 2 is 1.07 bits per heavy atom. The lowest BCUT2D eigenvalue weighted by Crippen LogP contribution is -2.12. The van der Waals surface area contributed by atoms with Gasteiger partial charge in [0.15, 0.2) is 5.69 Å². The number of pyridine rings is 5. The molecule has 0 amide bonds. The maximum absolute atomic E-state index is 11.7. The van der Waals surface area contributed by atoms with E-state index in [2.05, 4.69) is 29.7 Å². The molecule has 5 heterocycles. The first-order chi connectivity index (χ1) is 38.5. The number of aryl methyl sites for hydroxylation is 1. The van der Waals surface area contributed by atoms with E-state index >= 15 is 0 Å². The number of rotatable bonds is 9. The number of methoxy groups -OCH3 is 1. The molecule has 20 nitrogen and oxygen atoms in total. The summed E-state index contributed by atoms with van der Waals surface area (Å²) in [6, 6.07) is 34.6. The first kappa shape index (κ1) is 58.8. The predicted molar refractivity (Wildman–Crippen MR) is 298 cm³/mol. The van der Waals surface area contributed by atoms with Crippen LogP contribution in [0, 0.1) is 6.92 Å². The number of carbonyl (C=O) groups excluding carboxylic acids is 5. The molecule has 0 fully saturated rings. The molecule has 0 saturated heterocycles. The lowest BCUT2D eigenvalue weighted by Gasteiger charge is -2.07. The lowest BCUT2D eigenvalue weighted by atomic mass is 10.1. The quantitative estimate of drug-likeness (QED) is 0.0663. The van der Waals surface area contributed by atoms with Crippen molar-refractivity contribution in [2.24, 2.45) is 0 Å². The number of fused-ring (bicyclic) bond motifs is 5. The molecule has 5 aromatic heterocycles. The molecule has 5 aromatic carbocycles. The summed E-state index contributed by atoms with van der Waals surface area (Å²) in [5, 5.41) is 42.2. The second kappa shape index (κ2) is 28.0. The lowest BCUT2D eigenvalue weighted by molar-refractivity contribution is 0.0513. The van der Waals surface area contributed by atoms with Crippen LogP contribution < -0.4 is 5.56 Å². The van der Waals surface area contributed by atoms with E-state index in [0.29, 0.717) is 86.8 Å². The van der Waals surface area contributed by atoms with E-state index in [1.165, 1.54) is 37.7 Å². The highest BCUT2D eigenvalue weighted by atomic mass is 16.5. The van der Waals surface area contributed by atoms with E-state index in [9.17, 15) is 49.2 Å². The number of esters is 5. The molecule has 0 aliphatic carbocycles. The van der Waals surface area contributed by atoms with Gasteiger partial charge in [0.25, 0.3) is 5.56 Å². The first-order valence-corrected chi connectivity index (χ1v) is 24.7. The molecular formula is C60H55N5O15. The van der Waals surface area contributed by atoms with E-state index in [1.54, 1.807) is 150 Å². The van der Waals surface area contributed by atoms with Gasteiger partial charge in [-0.1, -0.05) is 42.5 Å². The predicted octanol–water partition coefficient (Wildman–Crippen LogP) is 10.1. The van der Waals surface area contributed by atoms with Gasteiger partial charge < -0.3 is 49.1 Å². The summed E-state index contributed by atoms with van der Waals surface area (Å²) >= 11 is 0. The number of hydrogen-bond donors (Lipinski definition) is 5. The second-order valence-corrected chi connectivity index (χ2v) is 16.6. The van der Waals surface area contributed by atoms with Crippen molar-refractivity contribution in [3.8, 4) is 23.0 Å². The number of benzene rings is 5. The summed E-state index contributed by atoms with van der Waals surface area (Å²) < 4.78 is 24.2. The number of phenolic OH excluding ortho intramolecular Hbond substituents is 4. The molecule has 20 heteroatoms. The fourth-order valence-corrected chi connectivity index (χ4v) is 7.69. The fourth-order valence-electron chi connectivity index (χ4n) is 7.69. The summed E-state index contributed by atoms with van der Waals surface area (Å²) in [4.78, 5) is 88.2. The summed E-state index contributed by atoms with van der Waals surface area (Å²) in [6.45, 7) is 10.0. The molecule has 5 N–H and O–H groups in total. The van der Waals surface area contributed by atoms with Crippen LogP contribution in [-0.4, -0.2) is 109 Å². The molecule has 410 valence electrons. The van der Waals surface area contributed by atoms with Crippen molar-refractivity contribution in [1.29, 1.82) is 0 Å². The minimum atomic E-state index is -0.473. The Hall–Kier alpha value is -10.5. The summed E-state index contributed by atoms with van der Waals surface area (Å²) in [5.41, 5.74) is 3.96. The minimum Gasteiger partial charge on any atom is -0.508 e. The van der Waals surface area contributed by atoms with E-state index in [0.717, 1.165) is 16.3 Å². The van der Waals surface area contributed by atoms with Crippen molar-refractivity contribution in [3.05, 3.63) is 190 Å². The number of aromatic hydroxyl groups is 4. The van der Waals surface area contributed by atoms with Gasteiger partial charge in [0, 0.05) is 56.3 Å². The van der Waals surface area contributed by atoms with Crippen LogP contribution in [0.25, 0.3) is 54.3 Å². The summed E-state index contributed by atoms with van der Waals surface area (Å²) in [6.07, 6.45) is 4.44. The Balaban J connectivity index is 0.000000161. The van der Waals surface area contributed by atoms with Crippen molar-refractivity contribution >= 4 is 84.1 Å². The van der Waals surface area contributed by atoms with Crippen LogP contribution in [0.1, 0.15) is 85.4 Å². The van der Waals surface area contributed by atoms with Crippen LogP contribution in [0.15, 0.2) is 151 Å². The maximum Gasteiger partial charge on any atom is 0.357 e. The molecule has 0 aliphatic heterocycles. The number of carbonyl (C=O) groups is 5. The number of ether oxygens (including phenoxy) is 5. The Labute approximate surface area is 456 Å². The molecule has 0 saturated carbocycles. The van der Waals surface area contributed by atoms with Gasteiger partial charge in [0.2, 0.25) is 0 Å². The zero-order valence-corrected chi connectivity index (χ0v) is 44.3. The Morgan fingerprint density at radius 3 is 1.74 bits per heavy atom. The van der Waals surface area contributed by atoms with E-state index in [-0.39, 0.29) is 45.9 Å². The number of nitrogens with zero attached hydrogens (tertiary/aromatic N) is 4. The highest BCUT2D eigenvalue weighted by Gasteiger charge is 2.17. The van der Waals surface area contributed by atoms with Crippen molar-refractivity contribution in [3.63, 3.8) is 0 Å². The van der Waals surface area contributed by atoms with Gasteiger partial charge in [-0.2, -0.15) is 0 Å². The smallest absolute Gasteiger partial charge is 0.357 e. The Bertz CT molecular complexity index is 3890. The third-order valence-corrected chi connectivity index (χ3v) is 11.4. The van der Waals surface area contributed by atoms with Crippen LogP contribution in [0.2, 0.25) is 0 Å². The van der Waals surface area contributed by atoms with Crippen LogP contribution in [0.5, 0.6) is 23.0 Å². The Kier molecular flexibility index (Phi) is 20.6. The number of aromatic nitrogens is 5. The molecule has 80 heavy (non-hydrogen) atoms. The largest absolute Gasteiger partial charge is 0.508 e. The zero-order chi connectivity index (χ0) is 57.9. The highest BCUT2D eigenvalue weighted by molar-refractivity contribution is 6.06. The van der Waals surface area contributed by atoms with Crippen LogP contribution in [0.3, 0.4) is 0 Å². The standard InChI is InChI=1S/C13H13NO3.3C12H11NO3.C11H9NO3/c1-3-17-13(16)11-7-9-6-10(15)4-5-12(9)14-8(11)2;1-2-16-12(15)9-5-6-10(14)11-8(9)4-3-7-13-11;1-2-16-12(15)11-9-4-3-5-10(14)8(9)6-7-13-11;1-2-16-12(15)10-7-13-11(14)9-6-4-3-5-8(9)10;1-15-11(14)10-4-2-7-6-8(13)3-5-9(7)12-10/h4-7,15H,3H2,1-2H3;2*3-7,14H,2H2,1H3;3-7H,2H2,1H3,(H,13,14);2-6,13H,1H3. The average Bonchev–Trinajstić information content (AvgIpc) is 3.48. The molecule has 0 unspecified atom stereocenters. The molecule has 0 radical (unpaired) electrons. The third-order valence-electron chi connectivity index (χ3n) is 11.4. The zero-order valence-electron chi connectivity index (χ0n) is 44.3. The summed E-state index contributed by atoms with van der Waals surface area (Å²) in [5.74, 6) is -1.64. The van der Waals surface area contributed by atoms with Crippen LogP contribution in [0.4, 0.5) is 0 Å². The average molecular weight is 1090 g/mol. The topological polar surface area (TPSA) is 297 Å². The molecule has 10 rings (SSSR count). The molecule has 0 spiro atoms. The highest BCUT2D eigenvalue weighted by Crippen LogP contribution is 2.28. The van der Waals surface area contributed by atoms with Gasteiger partial charge in [0.1, 0.15) is 34.2 Å². The number of aromatic amines is 1. The monoisotopic (exact) mass is 1090 g/mol. The van der Waals surface area contributed by atoms with E-state index < -0.39 is 23.9 Å². The van der Waals surface area contributed by atoms with Crippen LogP contribution >= 0.6 is 0 Å². The van der Waals surface area contributed by atoms with Gasteiger partial charge in [0.05, 0.1) is 67.0 Å². The minimum absolute atomic E-state index is 0.0589. The molecule has 0 bridgehead atoms. The third kappa shape index (κ3) is 14.7. The van der Waals surface area contributed by atoms with Gasteiger partial charge in [-0.3, -0.25) is 14.8 Å². The molecule has 10 aromatic rings. The number of nitrogens with one attached hydrogen (secondary N) is 1. The van der Waals surface area contributed by atoms with E-state index in [1.807, 2.05) is 0 Å². The van der Waals surface area contributed by atoms with Gasteiger partial charge >= 0.3 is 29.8 Å². The summed E-state index contributed by atoms with van der Waals surface area (Å²) in [7, 11) is 1.31. The van der Waals surface area contributed by atoms with Crippen molar-refractivity contribution in [2.45, 2.75) is 34.6 Å². The van der Waals surface area contributed by atoms with E-state index in [4.69, 9.17) is 18.9 Å². The number of hydrogen-bond acceptors (Lipinski definition) is 19. The maximum atomic E-state index is 11.7. The van der Waals surface area contributed by atoms with Crippen molar-refractivity contribution in [1.82, 2.24) is 24.9 Å². The first-order valence-electron chi connectivity index (χ1n) is 24.7. The fraction of sp³-hybridized carbons (Fsp3) is 0.167. The Morgan fingerprint density at radius 1 is 0.487 bits per heavy atom. The van der Waals surface area contributed by atoms with Gasteiger partial charge in [-0.25, -0.2) is 33.9 Å². The normalized spacial score (nSPS) is 10.3.